The van der Waals surface area contributed by atoms with Crippen molar-refractivity contribution in [3.8, 4) is 16.9 Å². The number of benzene rings is 1. The summed E-state index contributed by atoms with van der Waals surface area (Å²) in [5, 5.41) is -0.337. The van der Waals surface area contributed by atoms with Crippen LogP contribution in [0.1, 0.15) is 37.6 Å². The molecule has 2 aromatic heterocycles. The normalized spacial score (nSPS) is 17.3. The van der Waals surface area contributed by atoms with Crippen molar-refractivity contribution >= 4 is 27.6 Å². The summed E-state index contributed by atoms with van der Waals surface area (Å²) in [5.41, 5.74) is 6.88. The molecule has 0 spiro atoms. The van der Waals surface area contributed by atoms with Crippen LogP contribution in [0.2, 0.25) is 0 Å². The van der Waals surface area contributed by atoms with Crippen LogP contribution in [0, 0.1) is 5.92 Å². The fourth-order valence-corrected chi connectivity index (χ4v) is 5.58. The number of aromatic nitrogens is 2. The van der Waals surface area contributed by atoms with E-state index in [9.17, 15) is 13.2 Å². The molecule has 3 heterocycles. The number of methoxy groups -OCH3 is 1. The van der Waals surface area contributed by atoms with Crippen LogP contribution in [0.3, 0.4) is 0 Å². The molecule has 1 fully saturated rings. The highest BCUT2D eigenvalue weighted by atomic mass is 32.2. The highest BCUT2D eigenvalue weighted by Crippen LogP contribution is 2.39. The van der Waals surface area contributed by atoms with E-state index in [2.05, 4.69) is 40.4 Å². The van der Waals surface area contributed by atoms with Gasteiger partial charge in [-0.1, -0.05) is 31.2 Å². The molecule has 4 rings (SSSR count). The Kier molecular flexibility index (Phi) is 6.42. The number of pyridine rings is 2. The van der Waals surface area contributed by atoms with Crippen LogP contribution in [-0.2, 0) is 10.0 Å². The summed E-state index contributed by atoms with van der Waals surface area (Å²) in [6.45, 7) is 7.00. The number of rotatable bonds is 6. The van der Waals surface area contributed by atoms with Crippen molar-refractivity contribution in [2.45, 2.75) is 37.8 Å². The summed E-state index contributed by atoms with van der Waals surface area (Å²) >= 11 is 0. The molecule has 0 aliphatic carbocycles. The van der Waals surface area contributed by atoms with Gasteiger partial charge in [-0.15, -0.1) is 0 Å². The summed E-state index contributed by atoms with van der Waals surface area (Å²) in [4.78, 5) is 24.0. The minimum absolute atomic E-state index is 0.0358. The van der Waals surface area contributed by atoms with Crippen molar-refractivity contribution in [1.29, 1.82) is 0 Å². The topological polar surface area (TPSA) is 128 Å². The van der Waals surface area contributed by atoms with E-state index >= 15 is 0 Å². The van der Waals surface area contributed by atoms with Gasteiger partial charge < -0.3 is 15.4 Å². The molecule has 35 heavy (non-hydrogen) atoms. The smallest absolute Gasteiger partial charge is 0.281 e. The molecular weight excluding hydrogens is 466 g/mol. The Morgan fingerprint density at radius 3 is 2.60 bits per heavy atom. The Labute approximate surface area is 205 Å². The molecule has 10 heteroatoms. The van der Waals surface area contributed by atoms with Crippen LogP contribution in [0.15, 0.2) is 59.8 Å². The third-order valence-corrected chi connectivity index (χ3v) is 7.34. The zero-order valence-electron chi connectivity index (χ0n) is 20.1. The van der Waals surface area contributed by atoms with Crippen molar-refractivity contribution < 1.29 is 17.9 Å². The fraction of sp³-hybridized carbons (Fsp3) is 0.320. The standard InChI is InChI=1S/C25H29N5O4S/c1-16-13-25(2,3)30(15-16)23-19(12-17(14-27-23)18-8-5-6-9-20(18)34-4)24(31)29-35(32,33)22-11-7-10-21(26)28-22/h5-12,14,16H,13,15H2,1-4H3,(H2,26,28)(H,29,31). The third-order valence-electron chi connectivity index (χ3n) is 6.11. The highest BCUT2D eigenvalue weighted by molar-refractivity contribution is 7.90. The van der Waals surface area contributed by atoms with Gasteiger partial charge in [-0.25, -0.2) is 14.7 Å². The van der Waals surface area contributed by atoms with Crippen LogP contribution < -0.4 is 20.1 Å². The molecular formula is C25H29N5O4S. The first kappa shape index (κ1) is 24.5. The Hall–Kier alpha value is -3.66. The number of para-hydroxylation sites is 1. The molecule has 1 aliphatic rings. The molecule has 3 aromatic rings. The molecule has 0 saturated carbocycles. The maximum atomic E-state index is 13.5. The lowest BCUT2D eigenvalue weighted by Gasteiger charge is -2.33. The number of amides is 1. The van der Waals surface area contributed by atoms with Gasteiger partial charge in [0.05, 0.1) is 12.7 Å². The minimum Gasteiger partial charge on any atom is -0.496 e. The van der Waals surface area contributed by atoms with Gasteiger partial charge in [-0.05, 0) is 50.5 Å². The van der Waals surface area contributed by atoms with E-state index in [1.165, 1.54) is 18.2 Å². The van der Waals surface area contributed by atoms with E-state index in [4.69, 9.17) is 10.5 Å². The van der Waals surface area contributed by atoms with Crippen molar-refractivity contribution in [2.75, 3.05) is 24.3 Å². The number of carbonyl (C=O) groups is 1. The Balaban J connectivity index is 1.81. The number of nitrogens with zero attached hydrogens (tertiary/aromatic N) is 3. The number of hydrogen-bond donors (Lipinski definition) is 2. The molecule has 1 saturated heterocycles. The van der Waals surface area contributed by atoms with Crippen molar-refractivity contribution in [1.82, 2.24) is 14.7 Å². The molecule has 1 amide bonds. The highest BCUT2D eigenvalue weighted by Gasteiger charge is 2.39. The quantitative estimate of drug-likeness (QED) is 0.532. The predicted molar refractivity (Wildman–Crippen MR) is 135 cm³/mol. The van der Waals surface area contributed by atoms with Crippen LogP contribution in [0.25, 0.3) is 11.1 Å². The second-order valence-electron chi connectivity index (χ2n) is 9.36. The lowest BCUT2D eigenvalue weighted by atomic mass is 9.97. The van der Waals surface area contributed by atoms with Gasteiger partial charge in [-0.3, -0.25) is 4.79 Å². The van der Waals surface area contributed by atoms with Gasteiger partial charge in [0.2, 0.25) is 0 Å². The number of nitrogens with two attached hydrogens (primary N) is 1. The Morgan fingerprint density at radius 1 is 1.20 bits per heavy atom. The SMILES string of the molecule is COc1ccccc1-c1cnc(N2CC(C)CC2(C)C)c(C(=O)NS(=O)(=O)c2cccc(N)n2)c1. The summed E-state index contributed by atoms with van der Waals surface area (Å²) < 4.78 is 33.5. The zero-order chi connectivity index (χ0) is 25.4. The first-order valence-corrected chi connectivity index (χ1v) is 12.7. The number of ether oxygens (including phenoxy) is 1. The zero-order valence-corrected chi connectivity index (χ0v) is 21.0. The molecule has 1 unspecified atom stereocenters. The number of carbonyl (C=O) groups excluding carboxylic acids is 1. The molecule has 9 nitrogen and oxygen atoms in total. The summed E-state index contributed by atoms with van der Waals surface area (Å²) in [7, 11) is -2.70. The van der Waals surface area contributed by atoms with Gasteiger partial charge in [0.15, 0.2) is 5.03 Å². The number of anilines is 2. The van der Waals surface area contributed by atoms with E-state index in [0.29, 0.717) is 29.6 Å². The van der Waals surface area contributed by atoms with Crippen molar-refractivity contribution in [2.24, 2.45) is 5.92 Å². The average Bonchev–Trinajstić information content (AvgIpc) is 3.09. The predicted octanol–water partition coefficient (Wildman–Crippen LogP) is 3.48. The van der Waals surface area contributed by atoms with E-state index in [-0.39, 0.29) is 21.9 Å². The minimum atomic E-state index is -4.26. The van der Waals surface area contributed by atoms with Crippen molar-refractivity contribution in [3.05, 3.63) is 60.3 Å². The monoisotopic (exact) mass is 495 g/mol. The van der Waals surface area contributed by atoms with Gasteiger partial charge in [0.1, 0.15) is 17.4 Å². The van der Waals surface area contributed by atoms with E-state index < -0.39 is 15.9 Å². The maximum Gasteiger partial charge on any atom is 0.281 e. The first-order valence-electron chi connectivity index (χ1n) is 11.2. The van der Waals surface area contributed by atoms with Crippen LogP contribution in [0.5, 0.6) is 5.75 Å². The van der Waals surface area contributed by atoms with Crippen LogP contribution in [0.4, 0.5) is 11.6 Å². The number of hydrogen-bond acceptors (Lipinski definition) is 8. The maximum absolute atomic E-state index is 13.5. The number of nitrogen functional groups attached to an aromatic ring is 1. The number of sulfonamides is 1. The second kappa shape index (κ2) is 9.18. The molecule has 184 valence electrons. The van der Waals surface area contributed by atoms with Crippen molar-refractivity contribution in [3.63, 3.8) is 0 Å². The Morgan fingerprint density at radius 2 is 1.94 bits per heavy atom. The van der Waals surface area contributed by atoms with E-state index in [1.807, 2.05) is 24.3 Å². The van der Waals surface area contributed by atoms with Gasteiger partial charge in [0, 0.05) is 29.4 Å². The largest absolute Gasteiger partial charge is 0.496 e. The summed E-state index contributed by atoms with van der Waals surface area (Å²) in [5.74, 6) is 0.653. The lowest BCUT2D eigenvalue weighted by molar-refractivity contribution is 0.0981. The van der Waals surface area contributed by atoms with Gasteiger partial charge in [0.25, 0.3) is 15.9 Å². The summed E-state index contributed by atoms with van der Waals surface area (Å²) in [6, 6.07) is 13.2. The molecule has 1 atom stereocenters. The average molecular weight is 496 g/mol. The number of nitrogens with one attached hydrogen (secondary N) is 1. The molecule has 3 N–H and O–H groups in total. The van der Waals surface area contributed by atoms with Gasteiger partial charge >= 0.3 is 0 Å². The van der Waals surface area contributed by atoms with Gasteiger partial charge in [-0.2, -0.15) is 8.42 Å². The molecule has 1 aromatic carbocycles. The second-order valence-corrected chi connectivity index (χ2v) is 11.0. The van der Waals surface area contributed by atoms with E-state index in [1.54, 1.807) is 19.4 Å². The molecule has 0 radical (unpaired) electrons. The summed E-state index contributed by atoms with van der Waals surface area (Å²) in [6.07, 6.45) is 2.59. The Bertz CT molecular complexity index is 1370. The fourth-order valence-electron chi connectivity index (χ4n) is 4.64. The lowest BCUT2D eigenvalue weighted by Crippen LogP contribution is -2.41. The van der Waals surface area contributed by atoms with Crippen LogP contribution >= 0.6 is 0 Å². The first-order chi connectivity index (χ1) is 16.5. The third kappa shape index (κ3) is 4.93. The van der Waals surface area contributed by atoms with Crippen LogP contribution in [-0.4, -0.2) is 43.5 Å². The molecule has 0 bridgehead atoms. The molecule has 1 aliphatic heterocycles. The van der Waals surface area contributed by atoms with E-state index in [0.717, 1.165) is 12.0 Å².